The maximum absolute atomic E-state index is 5.45. The summed E-state index contributed by atoms with van der Waals surface area (Å²) in [7, 11) is 3.73. The fourth-order valence-electron chi connectivity index (χ4n) is 2.22. The Morgan fingerprint density at radius 1 is 1.37 bits per heavy atom. The highest BCUT2D eigenvalue weighted by Crippen LogP contribution is 2.30. The maximum atomic E-state index is 5.45. The number of ether oxygens (including phenoxy) is 1. The number of halogens is 1. The fraction of sp³-hybridized carbons (Fsp3) is 0.333. The van der Waals surface area contributed by atoms with Crippen molar-refractivity contribution in [3.8, 4) is 5.75 Å². The SMILES string of the molecule is CNC(Cc1cc(Br)ccc1OC)c1cscc1C. The highest BCUT2D eigenvalue weighted by molar-refractivity contribution is 9.10. The summed E-state index contributed by atoms with van der Waals surface area (Å²) in [5.41, 5.74) is 3.93. The normalized spacial score (nSPS) is 12.4. The van der Waals surface area contributed by atoms with E-state index in [1.165, 1.54) is 16.7 Å². The van der Waals surface area contributed by atoms with Gasteiger partial charge in [0.25, 0.3) is 0 Å². The van der Waals surface area contributed by atoms with Gasteiger partial charge in [0.1, 0.15) is 5.75 Å². The first kappa shape index (κ1) is 14.6. The number of likely N-dealkylation sites (N-methyl/N-ethyl adjacent to an activating group) is 1. The van der Waals surface area contributed by atoms with Crippen molar-refractivity contribution >= 4 is 27.3 Å². The Labute approximate surface area is 126 Å². The Balaban J connectivity index is 2.28. The number of aryl methyl sites for hydroxylation is 1. The van der Waals surface area contributed by atoms with E-state index in [1.54, 1.807) is 18.4 Å². The number of benzene rings is 1. The molecule has 0 saturated carbocycles. The summed E-state index contributed by atoms with van der Waals surface area (Å²) in [5, 5.41) is 7.82. The lowest BCUT2D eigenvalue weighted by Crippen LogP contribution is -2.19. The van der Waals surface area contributed by atoms with Crippen molar-refractivity contribution < 1.29 is 4.74 Å². The van der Waals surface area contributed by atoms with Gasteiger partial charge in [0, 0.05) is 10.5 Å². The van der Waals surface area contributed by atoms with Crippen LogP contribution in [0.25, 0.3) is 0 Å². The minimum Gasteiger partial charge on any atom is -0.496 e. The molecule has 2 rings (SSSR count). The zero-order valence-corrected chi connectivity index (χ0v) is 13.8. The summed E-state index contributed by atoms with van der Waals surface area (Å²) in [6.07, 6.45) is 0.913. The predicted octanol–water partition coefficient (Wildman–Crippen LogP) is 4.33. The molecule has 0 aliphatic rings. The van der Waals surface area contributed by atoms with E-state index in [9.17, 15) is 0 Å². The molecule has 102 valence electrons. The van der Waals surface area contributed by atoms with Crippen LogP contribution >= 0.6 is 27.3 Å². The highest BCUT2D eigenvalue weighted by atomic mass is 79.9. The second-order valence-corrected chi connectivity index (χ2v) is 6.17. The van der Waals surface area contributed by atoms with Crippen molar-refractivity contribution in [3.63, 3.8) is 0 Å². The summed E-state index contributed by atoms with van der Waals surface area (Å²) in [6.45, 7) is 2.16. The molecule has 0 radical (unpaired) electrons. The van der Waals surface area contributed by atoms with E-state index in [-0.39, 0.29) is 0 Å². The number of hydrogen-bond acceptors (Lipinski definition) is 3. The van der Waals surface area contributed by atoms with E-state index < -0.39 is 0 Å². The molecule has 0 spiro atoms. The Kier molecular flexibility index (Phi) is 5.02. The lowest BCUT2D eigenvalue weighted by Gasteiger charge is -2.18. The Morgan fingerprint density at radius 2 is 2.16 bits per heavy atom. The van der Waals surface area contributed by atoms with Crippen LogP contribution in [0.1, 0.15) is 22.7 Å². The van der Waals surface area contributed by atoms with Crippen LogP contribution in [0.5, 0.6) is 5.75 Å². The number of nitrogens with one attached hydrogen (secondary N) is 1. The van der Waals surface area contributed by atoms with Crippen LogP contribution in [0.3, 0.4) is 0 Å². The van der Waals surface area contributed by atoms with Gasteiger partial charge < -0.3 is 10.1 Å². The Hall–Kier alpha value is -0.840. The van der Waals surface area contributed by atoms with Gasteiger partial charge in [0.2, 0.25) is 0 Å². The Morgan fingerprint density at radius 3 is 2.74 bits per heavy atom. The Bertz CT molecular complexity index is 553. The lowest BCUT2D eigenvalue weighted by atomic mass is 9.98. The molecule has 1 N–H and O–H groups in total. The van der Waals surface area contributed by atoms with Crippen molar-refractivity contribution in [1.29, 1.82) is 0 Å². The van der Waals surface area contributed by atoms with Crippen LogP contribution in [0.4, 0.5) is 0 Å². The van der Waals surface area contributed by atoms with Gasteiger partial charge in [-0.3, -0.25) is 0 Å². The standard InChI is InChI=1S/C15H18BrNOS/c1-10-8-19-9-13(10)14(17-2)7-11-6-12(16)4-5-15(11)18-3/h4-6,8-9,14,17H,7H2,1-3H3. The third kappa shape index (κ3) is 3.38. The number of methoxy groups -OCH3 is 1. The molecule has 1 atom stereocenters. The van der Waals surface area contributed by atoms with Crippen molar-refractivity contribution in [1.82, 2.24) is 5.32 Å². The van der Waals surface area contributed by atoms with E-state index in [2.05, 4.69) is 45.0 Å². The molecule has 4 heteroatoms. The molecular formula is C15H18BrNOS. The average Bonchev–Trinajstić information content (AvgIpc) is 2.82. The molecule has 0 saturated heterocycles. The summed E-state index contributed by atoms with van der Waals surface area (Å²) in [6, 6.07) is 6.46. The molecule has 0 bridgehead atoms. The van der Waals surface area contributed by atoms with E-state index in [4.69, 9.17) is 4.74 Å². The molecule has 1 aromatic carbocycles. The zero-order valence-electron chi connectivity index (χ0n) is 11.4. The van der Waals surface area contributed by atoms with Crippen LogP contribution < -0.4 is 10.1 Å². The molecule has 0 fully saturated rings. The average molecular weight is 340 g/mol. The van der Waals surface area contributed by atoms with Crippen LogP contribution in [-0.4, -0.2) is 14.2 Å². The van der Waals surface area contributed by atoms with Crippen LogP contribution in [0.15, 0.2) is 33.4 Å². The van der Waals surface area contributed by atoms with Crippen molar-refractivity contribution in [2.45, 2.75) is 19.4 Å². The van der Waals surface area contributed by atoms with Crippen molar-refractivity contribution in [2.24, 2.45) is 0 Å². The molecule has 2 aromatic rings. The summed E-state index contributed by atoms with van der Waals surface area (Å²) in [5.74, 6) is 0.941. The predicted molar refractivity (Wildman–Crippen MR) is 85.3 cm³/mol. The van der Waals surface area contributed by atoms with Crippen LogP contribution in [0.2, 0.25) is 0 Å². The molecule has 1 aromatic heterocycles. The van der Waals surface area contributed by atoms with E-state index >= 15 is 0 Å². The first-order valence-electron chi connectivity index (χ1n) is 6.18. The molecule has 1 unspecified atom stereocenters. The quantitative estimate of drug-likeness (QED) is 0.875. The summed E-state index contributed by atoms with van der Waals surface area (Å²) < 4.78 is 6.53. The monoisotopic (exact) mass is 339 g/mol. The van der Waals surface area contributed by atoms with E-state index in [0.717, 1.165) is 16.6 Å². The number of thiophene rings is 1. The van der Waals surface area contributed by atoms with E-state index in [1.807, 2.05) is 19.2 Å². The third-order valence-electron chi connectivity index (χ3n) is 3.29. The molecule has 0 amide bonds. The topological polar surface area (TPSA) is 21.3 Å². The minimum absolute atomic E-state index is 0.314. The van der Waals surface area contributed by atoms with Crippen molar-refractivity contribution in [2.75, 3.05) is 14.2 Å². The van der Waals surface area contributed by atoms with Gasteiger partial charge in [0.15, 0.2) is 0 Å². The first-order valence-corrected chi connectivity index (χ1v) is 7.91. The smallest absolute Gasteiger partial charge is 0.122 e. The second-order valence-electron chi connectivity index (χ2n) is 4.51. The second kappa shape index (κ2) is 6.55. The van der Waals surface area contributed by atoms with Gasteiger partial charge >= 0.3 is 0 Å². The summed E-state index contributed by atoms with van der Waals surface area (Å²) in [4.78, 5) is 0. The van der Waals surface area contributed by atoms with Gasteiger partial charge in [-0.05, 0) is 66.0 Å². The third-order valence-corrected chi connectivity index (χ3v) is 4.66. The molecule has 0 aliphatic heterocycles. The molecule has 0 aliphatic carbocycles. The van der Waals surface area contributed by atoms with Gasteiger partial charge in [-0.25, -0.2) is 0 Å². The molecule has 19 heavy (non-hydrogen) atoms. The number of hydrogen-bond donors (Lipinski definition) is 1. The summed E-state index contributed by atoms with van der Waals surface area (Å²) >= 11 is 5.28. The molecule has 1 heterocycles. The van der Waals surface area contributed by atoms with Gasteiger partial charge in [0.05, 0.1) is 7.11 Å². The lowest BCUT2D eigenvalue weighted by molar-refractivity contribution is 0.406. The van der Waals surface area contributed by atoms with Gasteiger partial charge in [-0.2, -0.15) is 11.3 Å². The number of rotatable bonds is 5. The maximum Gasteiger partial charge on any atom is 0.122 e. The van der Waals surface area contributed by atoms with E-state index in [0.29, 0.717) is 6.04 Å². The largest absolute Gasteiger partial charge is 0.496 e. The molecule has 2 nitrogen and oxygen atoms in total. The highest BCUT2D eigenvalue weighted by Gasteiger charge is 2.15. The minimum atomic E-state index is 0.314. The van der Waals surface area contributed by atoms with Crippen LogP contribution in [-0.2, 0) is 6.42 Å². The van der Waals surface area contributed by atoms with Gasteiger partial charge in [-0.1, -0.05) is 15.9 Å². The molecular weight excluding hydrogens is 322 g/mol. The van der Waals surface area contributed by atoms with Crippen molar-refractivity contribution in [3.05, 3.63) is 50.1 Å². The zero-order chi connectivity index (χ0) is 13.8. The van der Waals surface area contributed by atoms with Crippen LogP contribution in [0, 0.1) is 6.92 Å². The fourth-order valence-corrected chi connectivity index (χ4v) is 3.53. The van der Waals surface area contributed by atoms with Gasteiger partial charge in [-0.15, -0.1) is 0 Å². The first-order chi connectivity index (χ1) is 9.15.